The fourth-order valence-corrected chi connectivity index (χ4v) is 1.79. The molecule has 106 valence electrons. The zero-order valence-electron chi connectivity index (χ0n) is 11.5. The van der Waals surface area contributed by atoms with Crippen molar-refractivity contribution in [3.05, 3.63) is 23.2 Å². The molecule has 0 fully saturated rings. The minimum atomic E-state index is -0.0513. The number of hydrogen-bond donors (Lipinski definition) is 2. The Labute approximate surface area is 119 Å². The molecule has 0 bridgehead atoms. The molecule has 4 nitrogen and oxygen atoms in total. The van der Waals surface area contributed by atoms with Crippen LogP contribution in [0.3, 0.4) is 0 Å². The molecule has 0 atom stereocenters. The lowest BCUT2D eigenvalue weighted by Crippen LogP contribution is -2.22. The highest BCUT2D eigenvalue weighted by atomic mass is 35.5. The standard InChI is InChI=1S/C14H21ClN2O2/c1-3-4-8-16-9-7-14(18)17-12-10-11(15)5-6-13(12)19-2/h5-6,10,16H,3-4,7-9H2,1-2H3,(H,17,18). The quantitative estimate of drug-likeness (QED) is 0.721. The summed E-state index contributed by atoms with van der Waals surface area (Å²) in [5, 5.41) is 6.60. The number of benzene rings is 1. The molecule has 0 aliphatic rings. The van der Waals surface area contributed by atoms with Gasteiger partial charge in [0.15, 0.2) is 0 Å². The lowest BCUT2D eigenvalue weighted by molar-refractivity contribution is -0.116. The van der Waals surface area contributed by atoms with Crippen LogP contribution in [0.4, 0.5) is 5.69 Å². The van der Waals surface area contributed by atoms with Gasteiger partial charge in [-0.2, -0.15) is 0 Å². The summed E-state index contributed by atoms with van der Waals surface area (Å²) in [4.78, 5) is 11.8. The lowest BCUT2D eigenvalue weighted by Gasteiger charge is -2.10. The molecule has 0 unspecified atom stereocenters. The molecule has 5 heteroatoms. The largest absolute Gasteiger partial charge is 0.495 e. The van der Waals surface area contributed by atoms with Gasteiger partial charge in [-0.25, -0.2) is 0 Å². The molecule has 0 aromatic heterocycles. The van der Waals surface area contributed by atoms with Crippen LogP contribution in [0.2, 0.25) is 5.02 Å². The molecule has 1 amide bonds. The molecule has 1 aromatic carbocycles. The molecule has 0 saturated heterocycles. The smallest absolute Gasteiger partial charge is 0.225 e. The second-order valence-corrected chi connectivity index (χ2v) is 4.68. The predicted octanol–water partition coefficient (Wildman–Crippen LogP) is 3.07. The van der Waals surface area contributed by atoms with E-state index in [0.29, 0.717) is 29.4 Å². The first-order chi connectivity index (χ1) is 9.17. The average molecular weight is 285 g/mol. The zero-order valence-corrected chi connectivity index (χ0v) is 12.2. The Hall–Kier alpha value is -1.26. The van der Waals surface area contributed by atoms with Crippen LogP contribution in [0.5, 0.6) is 5.75 Å². The van der Waals surface area contributed by atoms with Crippen molar-refractivity contribution in [2.24, 2.45) is 0 Å². The molecule has 0 radical (unpaired) electrons. The van der Waals surface area contributed by atoms with Crippen LogP contribution < -0.4 is 15.4 Å². The fraction of sp³-hybridized carbons (Fsp3) is 0.500. The number of rotatable bonds is 8. The van der Waals surface area contributed by atoms with E-state index in [9.17, 15) is 4.79 Å². The van der Waals surface area contributed by atoms with E-state index in [1.54, 1.807) is 25.3 Å². The minimum absolute atomic E-state index is 0.0513. The van der Waals surface area contributed by atoms with Gasteiger partial charge in [-0.15, -0.1) is 0 Å². The van der Waals surface area contributed by atoms with Gasteiger partial charge in [0.1, 0.15) is 5.75 Å². The van der Waals surface area contributed by atoms with Gasteiger partial charge in [0, 0.05) is 18.0 Å². The molecular weight excluding hydrogens is 264 g/mol. The molecule has 0 spiro atoms. The Morgan fingerprint density at radius 2 is 2.16 bits per heavy atom. The van der Waals surface area contributed by atoms with Gasteiger partial charge in [0.05, 0.1) is 12.8 Å². The van der Waals surface area contributed by atoms with Gasteiger partial charge < -0.3 is 15.4 Å². The summed E-state index contributed by atoms with van der Waals surface area (Å²) >= 11 is 5.90. The number of hydrogen-bond acceptors (Lipinski definition) is 3. The average Bonchev–Trinajstić information content (AvgIpc) is 2.39. The van der Waals surface area contributed by atoms with Crippen LogP contribution in [0.25, 0.3) is 0 Å². The number of unbranched alkanes of at least 4 members (excludes halogenated alkanes) is 1. The number of halogens is 1. The molecule has 19 heavy (non-hydrogen) atoms. The Morgan fingerprint density at radius 1 is 1.37 bits per heavy atom. The second kappa shape index (κ2) is 8.77. The second-order valence-electron chi connectivity index (χ2n) is 4.25. The molecule has 0 aliphatic heterocycles. The lowest BCUT2D eigenvalue weighted by atomic mass is 10.2. The summed E-state index contributed by atoms with van der Waals surface area (Å²) in [6.07, 6.45) is 2.71. The van der Waals surface area contributed by atoms with E-state index in [4.69, 9.17) is 16.3 Å². The van der Waals surface area contributed by atoms with Crippen molar-refractivity contribution in [1.29, 1.82) is 0 Å². The predicted molar refractivity (Wildman–Crippen MR) is 79.0 cm³/mol. The highest BCUT2D eigenvalue weighted by Gasteiger charge is 2.07. The third-order valence-corrected chi connectivity index (χ3v) is 2.91. The van der Waals surface area contributed by atoms with Crippen molar-refractivity contribution in [1.82, 2.24) is 5.32 Å². The van der Waals surface area contributed by atoms with Crippen LogP contribution in [0, 0.1) is 0 Å². The van der Waals surface area contributed by atoms with Gasteiger partial charge in [0.2, 0.25) is 5.91 Å². The molecule has 1 aromatic rings. The monoisotopic (exact) mass is 284 g/mol. The van der Waals surface area contributed by atoms with Gasteiger partial charge in [-0.3, -0.25) is 4.79 Å². The number of ether oxygens (including phenoxy) is 1. The highest BCUT2D eigenvalue weighted by Crippen LogP contribution is 2.27. The molecule has 0 heterocycles. The van der Waals surface area contributed by atoms with Gasteiger partial charge in [-0.05, 0) is 31.2 Å². The number of carbonyl (C=O) groups excluding carboxylic acids is 1. The first kappa shape index (κ1) is 15.8. The molecular formula is C14H21ClN2O2. The maximum Gasteiger partial charge on any atom is 0.225 e. The summed E-state index contributed by atoms with van der Waals surface area (Å²) in [5.41, 5.74) is 0.605. The van der Waals surface area contributed by atoms with E-state index in [1.165, 1.54) is 0 Å². The summed E-state index contributed by atoms with van der Waals surface area (Å²) in [6, 6.07) is 5.14. The number of amides is 1. The number of methoxy groups -OCH3 is 1. The number of nitrogens with one attached hydrogen (secondary N) is 2. The first-order valence-electron chi connectivity index (χ1n) is 6.51. The van der Waals surface area contributed by atoms with Crippen molar-refractivity contribution >= 4 is 23.2 Å². The third kappa shape index (κ3) is 5.94. The van der Waals surface area contributed by atoms with Gasteiger partial charge in [-0.1, -0.05) is 24.9 Å². The Balaban J connectivity index is 2.41. The first-order valence-corrected chi connectivity index (χ1v) is 6.89. The fourth-order valence-electron chi connectivity index (χ4n) is 1.62. The van der Waals surface area contributed by atoms with Crippen LogP contribution >= 0.6 is 11.6 Å². The van der Waals surface area contributed by atoms with Crippen molar-refractivity contribution in [3.8, 4) is 5.75 Å². The highest BCUT2D eigenvalue weighted by molar-refractivity contribution is 6.31. The van der Waals surface area contributed by atoms with Crippen molar-refractivity contribution in [2.75, 3.05) is 25.5 Å². The number of anilines is 1. The minimum Gasteiger partial charge on any atom is -0.495 e. The van der Waals surface area contributed by atoms with Crippen LogP contribution in [0.1, 0.15) is 26.2 Å². The summed E-state index contributed by atoms with van der Waals surface area (Å²) in [7, 11) is 1.56. The Kier molecular flexibility index (Phi) is 7.30. The topological polar surface area (TPSA) is 50.4 Å². The Morgan fingerprint density at radius 3 is 2.84 bits per heavy atom. The van der Waals surface area contributed by atoms with E-state index in [1.807, 2.05) is 0 Å². The van der Waals surface area contributed by atoms with Crippen LogP contribution in [0.15, 0.2) is 18.2 Å². The molecule has 0 aliphatic carbocycles. The van der Waals surface area contributed by atoms with E-state index in [0.717, 1.165) is 19.4 Å². The van der Waals surface area contributed by atoms with Crippen molar-refractivity contribution < 1.29 is 9.53 Å². The molecule has 2 N–H and O–H groups in total. The third-order valence-electron chi connectivity index (χ3n) is 2.67. The Bertz CT molecular complexity index is 410. The van der Waals surface area contributed by atoms with E-state index in [2.05, 4.69) is 17.6 Å². The SMILES string of the molecule is CCCCNCCC(=O)Nc1cc(Cl)ccc1OC. The van der Waals surface area contributed by atoms with E-state index < -0.39 is 0 Å². The number of carbonyl (C=O) groups is 1. The van der Waals surface area contributed by atoms with Crippen LogP contribution in [-0.4, -0.2) is 26.1 Å². The van der Waals surface area contributed by atoms with Crippen molar-refractivity contribution in [2.45, 2.75) is 26.2 Å². The maximum absolute atomic E-state index is 11.8. The normalized spacial score (nSPS) is 10.3. The van der Waals surface area contributed by atoms with Crippen LogP contribution in [-0.2, 0) is 4.79 Å². The zero-order chi connectivity index (χ0) is 14.1. The maximum atomic E-state index is 11.8. The summed E-state index contributed by atoms with van der Waals surface area (Å²) < 4.78 is 5.17. The molecule has 0 saturated carbocycles. The van der Waals surface area contributed by atoms with Gasteiger partial charge >= 0.3 is 0 Å². The van der Waals surface area contributed by atoms with E-state index >= 15 is 0 Å². The summed E-state index contributed by atoms with van der Waals surface area (Å²) in [5.74, 6) is 0.557. The van der Waals surface area contributed by atoms with E-state index in [-0.39, 0.29) is 5.91 Å². The van der Waals surface area contributed by atoms with Gasteiger partial charge in [0.25, 0.3) is 0 Å². The molecule has 1 rings (SSSR count). The summed E-state index contributed by atoms with van der Waals surface area (Å²) in [6.45, 7) is 3.76. The van der Waals surface area contributed by atoms with Crippen molar-refractivity contribution in [3.63, 3.8) is 0 Å².